The van der Waals surface area contributed by atoms with E-state index >= 15 is 0 Å². The van der Waals surface area contributed by atoms with Crippen LogP contribution < -0.4 is 5.32 Å². The lowest BCUT2D eigenvalue weighted by atomic mass is 10.4. The second-order valence-electron chi connectivity index (χ2n) is 3.84. The molecule has 102 valence electrons. The highest BCUT2D eigenvalue weighted by Gasteiger charge is 2.15. The second-order valence-corrected chi connectivity index (χ2v) is 7.09. The fourth-order valence-electron chi connectivity index (χ4n) is 1.28. The molecule has 0 saturated carbocycles. The van der Waals surface area contributed by atoms with Crippen LogP contribution in [0.1, 0.15) is 21.8 Å². The predicted octanol–water partition coefficient (Wildman–Crippen LogP) is 1.08. The van der Waals surface area contributed by atoms with Gasteiger partial charge in [-0.2, -0.15) is 0 Å². The van der Waals surface area contributed by atoms with E-state index in [-0.39, 0.29) is 5.75 Å². The van der Waals surface area contributed by atoms with Gasteiger partial charge in [0.1, 0.15) is 14.7 Å². The summed E-state index contributed by atoms with van der Waals surface area (Å²) in [6.07, 6.45) is 1.71. The number of carbonyl (C=O) groups is 1. The zero-order valence-corrected chi connectivity index (χ0v) is 12.2. The van der Waals surface area contributed by atoms with Crippen molar-refractivity contribution < 1.29 is 17.9 Å². The quantitative estimate of drug-likeness (QED) is 0.624. The van der Waals surface area contributed by atoms with E-state index in [9.17, 15) is 13.2 Å². The Morgan fingerprint density at radius 1 is 1.50 bits per heavy atom. The van der Waals surface area contributed by atoms with Gasteiger partial charge in [0, 0.05) is 12.8 Å². The number of thiazole rings is 1. The van der Waals surface area contributed by atoms with Gasteiger partial charge in [0.2, 0.25) is 0 Å². The van der Waals surface area contributed by atoms with E-state index in [0.29, 0.717) is 28.7 Å². The van der Waals surface area contributed by atoms with E-state index in [1.807, 2.05) is 0 Å². The van der Waals surface area contributed by atoms with Crippen LogP contribution in [0.2, 0.25) is 0 Å². The summed E-state index contributed by atoms with van der Waals surface area (Å²) in [5.74, 6) is -0.275. The maximum absolute atomic E-state index is 11.4. The Hall–Kier alpha value is -1.15. The third-order valence-corrected chi connectivity index (χ3v) is 4.26. The molecule has 0 atom stereocenters. The first-order valence-electron chi connectivity index (χ1n) is 5.31. The van der Waals surface area contributed by atoms with E-state index in [0.717, 1.165) is 0 Å². The van der Waals surface area contributed by atoms with Crippen LogP contribution in [0, 0.1) is 6.92 Å². The monoisotopic (exact) mass is 292 g/mol. The fourth-order valence-corrected chi connectivity index (χ4v) is 2.86. The summed E-state index contributed by atoms with van der Waals surface area (Å²) in [5, 5.41) is 3.59. The highest BCUT2D eigenvalue weighted by molar-refractivity contribution is 7.90. The van der Waals surface area contributed by atoms with Crippen LogP contribution in [-0.2, 0) is 14.6 Å². The molecule has 0 fully saturated rings. The molecular weight excluding hydrogens is 276 g/mol. The van der Waals surface area contributed by atoms with Crippen LogP contribution in [-0.4, -0.2) is 45.0 Å². The lowest BCUT2D eigenvalue weighted by molar-refractivity contribution is 0.0605. The Morgan fingerprint density at radius 3 is 2.72 bits per heavy atom. The number of methoxy groups -OCH3 is 1. The molecule has 0 aliphatic rings. The molecule has 0 unspecified atom stereocenters. The van der Waals surface area contributed by atoms with Gasteiger partial charge in [-0.1, -0.05) is 11.3 Å². The minimum atomic E-state index is -2.93. The predicted molar refractivity (Wildman–Crippen MR) is 71.0 cm³/mol. The molecule has 1 aromatic rings. The summed E-state index contributed by atoms with van der Waals surface area (Å²) in [7, 11) is -1.61. The van der Waals surface area contributed by atoms with E-state index < -0.39 is 15.8 Å². The summed E-state index contributed by atoms with van der Waals surface area (Å²) in [6.45, 7) is 2.23. The van der Waals surface area contributed by atoms with Crippen molar-refractivity contribution in [2.45, 2.75) is 13.3 Å². The molecule has 18 heavy (non-hydrogen) atoms. The number of esters is 1. The Kier molecular flexibility index (Phi) is 5.09. The number of ether oxygens (including phenoxy) is 1. The molecule has 1 aromatic heterocycles. The second kappa shape index (κ2) is 6.14. The first-order chi connectivity index (χ1) is 8.33. The van der Waals surface area contributed by atoms with Crippen LogP contribution >= 0.6 is 11.3 Å². The van der Waals surface area contributed by atoms with Gasteiger partial charge < -0.3 is 10.1 Å². The van der Waals surface area contributed by atoms with Gasteiger partial charge in [0.05, 0.1) is 18.6 Å². The molecule has 1 rings (SSSR count). The molecule has 6 nitrogen and oxygen atoms in total. The van der Waals surface area contributed by atoms with E-state index in [1.165, 1.54) is 24.7 Å². The molecular formula is C10H16N2O4S2. The molecule has 0 spiro atoms. The number of aromatic nitrogens is 1. The van der Waals surface area contributed by atoms with Gasteiger partial charge >= 0.3 is 5.97 Å². The topological polar surface area (TPSA) is 85.4 Å². The van der Waals surface area contributed by atoms with E-state index in [2.05, 4.69) is 15.0 Å². The number of anilines is 1. The molecule has 0 radical (unpaired) electrons. The number of rotatable bonds is 6. The average molecular weight is 292 g/mol. The number of nitrogens with one attached hydrogen (secondary N) is 1. The van der Waals surface area contributed by atoms with Gasteiger partial charge in [0.15, 0.2) is 5.13 Å². The SMILES string of the molecule is COC(=O)c1sc(NCCCS(C)(=O)=O)nc1C. The fraction of sp³-hybridized carbons (Fsp3) is 0.600. The molecule has 1 heterocycles. The molecule has 0 amide bonds. The Labute approximate surface area is 110 Å². The molecule has 0 aliphatic heterocycles. The number of hydrogen-bond acceptors (Lipinski definition) is 7. The standard InChI is InChI=1S/C10H16N2O4S2/c1-7-8(9(13)16-2)17-10(12-7)11-5-4-6-18(3,14)15/h4-6H2,1-3H3,(H,11,12). The third-order valence-electron chi connectivity index (χ3n) is 2.14. The zero-order chi connectivity index (χ0) is 13.8. The summed E-state index contributed by atoms with van der Waals surface area (Å²) < 4.78 is 26.5. The smallest absolute Gasteiger partial charge is 0.350 e. The van der Waals surface area contributed by atoms with Crippen molar-refractivity contribution in [1.29, 1.82) is 0 Å². The van der Waals surface area contributed by atoms with Crippen molar-refractivity contribution in [3.8, 4) is 0 Å². The lowest BCUT2D eigenvalue weighted by Gasteiger charge is -2.00. The largest absolute Gasteiger partial charge is 0.465 e. The van der Waals surface area contributed by atoms with E-state index in [1.54, 1.807) is 6.92 Å². The molecule has 0 aliphatic carbocycles. The highest BCUT2D eigenvalue weighted by Crippen LogP contribution is 2.23. The molecule has 8 heteroatoms. The summed E-state index contributed by atoms with van der Waals surface area (Å²) in [4.78, 5) is 16.0. The van der Waals surface area contributed by atoms with Crippen molar-refractivity contribution in [3.05, 3.63) is 10.6 Å². The van der Waals surface area contributed by atoms with Crippen LogP contribution in [0.15, 0.2) is 0 Å². The average Bonchev–Trinajstić information content (AvgIpc) is 2.64. The molecule has 1 N–H and O–H groups in total. The number of sulfone groups is 1. The lowest BCUT2D eigenvalue weighted by Crippen LogP contribution is -2.09. The summed E-state index contributed by atoms with van der Waals surface area (Å²) in [5.41, 5.74) is 0.609. The zero-order valence-electron chi connectivity index (χ0n) is 10.5. The summed E-state index contributed by atoms with van der Waals surface area (Å²) in [6, 6.07) is 0. The van der Waals surface area contributed by atoms with Crippen molar-refractivity contribution in [3.63, 3.8) is 0 Å². The van der Waals surface area contributed by atoms with Crippen molar-refractivity contribution in [2.75, 3.05) is 31.0 Å². The van der Waals surface area contributed by atoms with Crippen molar-refractivity contribution >= 4 is 32.3 Å². The number of nitrogens with zero attached hydrogens (tertiary/aromatic N) is 1. The number of carbonyl (C=O) groups excluding carboxylic acids is 1. The van der Waals surface area contributed by atoms with Crippen LogP contribution in [0.5, 0.6) is 0 Å². The van der Waals surface area contributed by atoms with Crippen LogP contribution in [0.4, 0.5) is 5.13 Å². The van der Waals surface area contributed by atoms with Crippen molar-refractivity contribution in [1.82, 2.24) is 4.98 Å². The minimum Gasteiger partial charge on any atom is -0.465 e. The molecule has 0 saturated heterocycles. The van der Waals surface area contributed by atoms with Crippen LogP contribution in [0.25, 0.3) is 0 Å². The van der Waals surface area contributed by atoms with Gasteiger partial charge in [-0.25, -0.2) is 18.2 Å². The number of aryl methyl sites for hydroxylation is 1. The van der Waals surface area contributed by atoms with Gasteiger partial charge in [-0.3, -0.25) is 0 Å². The Morgan fingerprint density at radius 2 is 2.17 bits per heavy atom. The molecule has 0 bridgehead atoms. The van der Waals surface area contributed by atoms with Gasteiger partial charge in [-0.05, 0) is 13.3 Å². The Bertz CT molecular complexity index is 522. The Balaban J connectivity index is 2.51. The normalized spacial score (nSPS) is 11.3. The highest BCUT2D eigenvalue weighted by atomic mass is 32.2. The van der Waals surface area contributed by atoms with Gasteiger partial charge in [-0.15, -0.1) is 0 Å². The minimum absolute atomic E-state index is 0.133. The van der Waals surface area contributed by atoms with Gasteiger partial charge in [0.25, 0.3) is 0 Å². The maximum Gasteiger partial charge on any atom is 0.350 e. The maximum atomic E-state index is 11.4. The third kappa shape index (κ3) is 4.61. The van der Waals surface area contributed by atoms with Crippen LogP contribution in [0.3, 0.4) is 0 Å². The molecule has 0 aromatic carbocycles. The first-order valence-corrected chi connectivity index (χ1v) is 8.18. The summed E-state index contributed by atoms with van der Waals surface area (Å²) >= 11 is 1.20. The first kappa shape index (κ1) is 14.9. The van der Waals surface area contributed by atoms with Crippen molar-refractivity contribution in [2.24, 2.45) is 0 Å². The van der Waals surface area contributed by atoms with E-state index in [4.69, 9.17) is 0 Å². The number of hydrogen-bond donors (Lipinski definition) is 1.